The Bertz CT molecular complexity index is 769. The monoisotopic (exact) mass is 354 g/mol. The van der Waals surface area contributed by atoms with Crippen LogP contribution >= 0.6 is 0 Å². The third-order valence-corrected chi connectivity index (χ3v) is 5.94. The number of likely N-dealkylation sites (tertiary alicyclic amines) is 2. The largest absolute Gasteiger partial charge is 0.361 e. The van der Waals surface area contributed by atoms with E-state index in [-0.39, 0.29) is 11.4 Å². The van der Waals surface area contributed by atoms with Gasteiger partial charge in [-0.25, -0.2) is 0 Å². The minimum atomic E-state index is -0.372. The number of carbonyl (C=O) groups is 1. The molecule has 6 nitrogen and oxygen atoms in total. The first-order valence-electron chi connectivity index (χ1n) is 9.46. The number of rotatable bonds is 4. The lowest BCUT2D eigenvalue weighted by Gasteiger charge is -2.44. The smallest absolute Gasteiger partial charge is 0.243 e. The molecular formula is C20H26N4O2. The summed E-state index contributed by atoms with van der Waals surface area (Å²) in [6.07, 6.45) is 5.77. The van der Waals surface area contributed by atoms with Crippen LogP contribution in [0.25, 0.3) is 0 Å². The second-order valence-corrected chi connectivity index (χ2v) is 7.51. The standard InChI is InChI=1S/C20H26N4O2/c1-15-18(16(2)26-22-15)14-24-12-6-9-20(24)8-5-11-23(19(20)25)13-17-7-3-4-10-21-17/h3-4,7,10H,5-6,8-9,11-14H2,1-2H3. The molecule has 0 bridgehead atoms. The van der Waals surface area contributed by atoms with Crippen LogP contribution in [0.3, 0.4) is 0 Å². The molecule has 2 fully saturated rings. The van der Waals surface area contributed by atoms with Crippen molar-refractivity contribution >= 4 is 5.91 Å². The Morgan fingerprint density at radius 1 is 1.15 bits per heavy atom. The van der Waals surface area contributed by atoms with E-state index in [1.165, 1.54) is 0 Å². The first-order valence-corrected chi connectivity index (χ1v) is 9.46. The predicted octanol–water partition coefficient (Wildman–Crippen LogP) is 2.84. The Kier molecular flexibility index (Phi) is 4.53. The highest BCUT2D eigenvalue weighted by molar-refractivity contribution is 5.87. The van der Waals surface area contributed by atoms with Crippen LogP contribution in [-0.4, -0.2) is 44.5 Å². The summed E-state index contributed by atoms with van der Waals surface area (Å²) in [5.74, 6) is 1.12. The fourth-order valence-electron chi connectivity index (χ4n) is 4.51. The zero-order chi connectivity index (χ0) is 18.1. The van der Waals surface area contributed by atoms with Crippen LogP contribution in [0.15, 0.2) is 28.9 Å². The summed E-state index contributed by atoms with van der Waals surface area (Å²) in [6.45, 7) is 7.03. The molecule has 6 heteroatoms. The van der Waals surface area contributed by atoms with Gasteiger partial charge in [-0.2, -0.15) is 0 Å². The summed E-state index contributed by atoms with van der Waals surface area (Å²) in [4.78, 5) is 22.2. The predicted molar refractivity (Wildman–Crippen MR) is 97.2 cm³/mol. The first-order chi connectivity index (χ1) is 12.6. The Labute approximate surface area is 154 Å². The Balaban J connectivity index is 1.56. The first kappa shape index (κ1) is 17.2. The van der Waals surface area contributed by atoms with Crippen molar-refractivity contribution in [3.8, 4) is 0 Å². The molecule has 1 atom stereocenters. The van der Waals surface area contributed by atoms with Crippen molar-refractivity contribution < 1.29 is 9.32 Å². The van der Waals surface area contributed by atoms with Gasteiger partial charge in [0, 0.05) is 24.8 Å². The maximum Gasteiger partial charge on any atom is 0.243 e. The van der Waals surface area contributed by atoms with Crippen molar-refractivity contribution in [2.75, 3.05) is 13.1 Å². The summed E-state index contributed by atoms with van der Waals surface area (Å²) in [7, 11) is 0. The van der Waals surface area contributed by atoms with Crippen LogP contribution in [-0.2, 0) is 17.9 Å². The van der Waals surface area contributed by atoms with Gasteiger partial charge in [-0.3, -0.25) is 14.7 Å². The van der Waals surface area contributed by atoms with Crippen molar-refractivity contribution in [1.29, 1.82) is 0 Å². The molecule has 1 unspecified atom stereocenters. The Morgan fingerprint density at radius 2 is 1.96 bits per heavy atom. The van der Waals surface area contributed by atoms with Crippen molar-refractivity contribution in [1.82, 2.24) is 19.9 Å². The van der Waals surface area contributed by atoms with Gasteiger partial charge in [-0.05, 0) is 58.2 Å². The third-order valence-electron chi connectivity index (χ3n) is 5.94. The second-order valence-electron chi connectivity index (χ2n) is 7.51. The van der Waals surface area contributed by atoms with Crippen LogP contribution in [0.5, 0.6) is 0 Å². The van der Waals surface area contributed by atoms with Crippen molar-refractivity contribution in [2.24, 2.45) is 0 Å². The highest BCUT2D eigenvalue weighted by Gasteiger charge is 2.50. The molecule has 138 valence electrons. The highest BCUT2D eigenvalue weighted by Crippen LogP contribution is 2.40. The third kappa shape index (κ3) is 2.92. The minimum Gasteiger partial charge on any atom is -0.361 e. The average molecular weight is 354 g/mol. The van der Waals surface area contributed by atoms with Crippen molar-refractivity contribution in [3.05, 3.63) is 47.1 Å². The lowest BCUT2D eigenvalue weighted by molar-refractivity contribution is -0.148. The number of piperidine rings is 1. The summed E-state index contributed by atoms with van der Waals surface area (Å²) < 4.78 is 5.33. The maximum absolute atomic E-state index is 13.5. The molecule has 0 aliphatic carbocycles. The number of nitrogens with zero attached hydrogens (tertiary/aromatic N) is 4. The van der Waals surface area contributed by atoms with Crippen LogP contribution in [0.2, 0.25) is 0 Å². The van der Waals surface area contributed by atoms with E-state index in [9.17, 15) is 4.79 Å². The molecule has 4 rings (SSSR count). The van der Waals surface area contributed by atoms with Crippen LogP contribution < -0.4 is 0 Å². The number of amides is 1. The number of hydrogen-bond acceptors (Lipinski definition) is 5. The number of carbonyl (C=O) groups excluding carboxylic acids is 1. The Morgan fingerprint density at radius 3 is 2.65 bits per heavy atom. The highest BCUT2D eigenvalue weighted by atomic mass is 16.5. The molecule has 1 amide bonds. The van der Waals surface area contributed by atoms with Crippen molar-refractivity contribution in [2.45, 2.75) is 58.2 Å². The van der Waals surface area contributed by atoms with E-state index in [4.69, 9.17) is 4.52 Å². The zero-order valence-electron chi connectivity index (χ0n) is 15.6. The summed E-state index contributed by atoms with van der Waals surface area (Å²) >= 11 is 0. The Hall–Kier alpha value is -2.21. The van der Waals surface area contributed by atoms with E-state index in [0.29, 0.717) is 6.54 Å². The van der Waals surface area contributed by atoms with Gasteiger partial charge in [0.2, 0.25) is 5.91 Å². The van der Waals surface area contributed by atoms with E-state index in [0.717, 1.165) is 68.0 Å². The topological polar surface area (TPSA) is 62.5 Å². The minimum absolute atomic E-state index is 0.263. The second kappa shape index (κ2) is 6.83. The average Bonchev–Trinajstić information content (AvgIpc) is 3.19. The van der Waals surface area contributed by atoms with Gasteiger partial charge in [0.1, 0.15) is 11.3 Å². The van der Waals surface area contributed by atoms with Crippen molar-refractivity contribution in [3.63, 3.8) is 0 Å². The molecule has 2 aromatic heterocycles. The molecule has 0 N–H and O–H groups in total. The summed E-state index contributed by atoms with van der Waals surface area (Å²) in [5, 5.41) is 4.08. The van der Waals surface area contributed by atoms with E-state index < -0.39 is 0 Å². The molecule has 2 aliphatic rings. The molecule has 1 spiro atoms. The number of pyridine rings is 1. The molecule has 2 saturated heterocycles. The zero-order valence-corrected chi connectivity index (χ0v) is 15.6. The van der Waals surface area contributed by atoms with Gasteiger partial charge in [0.05, 0.1) is 17.9 Å². The van der Waals surface area contributed by atoms with Crippen LogP contribution in [0.1, 0.15) is 48.4 Å². The molecule has 0 aromatic carbocycles. The quantitative estimate of drug-likeness (QED) is 0.845. The number of aryl methyl sites for hydroxylation is 2. The fourth-order valence-corrected chi connectivity index (χ4v) is 4.51. The van der Waals surface area contributed by atoms with Crippen LogP contribution in [0.4, 0.5) is 0 Å². The molecule has 0 saturated carbocycles. The van der Waals surface area contributed by atoms with Gasteiger partial charge in [0.25, 0.3) is 0 Å². The maximum atomic E-state index is 13.5. The fraction of sp³-hybridized carbons (Fsp3) is 0.550. The molecule has 0 radical (unpaired) electrons. The van der Waals surface area contributed by atoms with E-state index >= 15 is 0 Å². The number of hydrogen-bond donors (Lipinski definition) is 0. The molecule has 26 heavy (non-hydrogen) atoms. The number of aromatic nitrogens is 2. The molecule has 2 aliphatic heterocycles. The molecule has 4 heterocycles. The summed E-state index contributed by atoms with van der Waals surface area (Å²) in [5.41, 5.74) is 2.63. The van der Waals surface area contributed by atoms with Gasteiger partial charge in [-0.1, -0.05) is 11.2 Å². The summed E-state index contributed by atoms with van der Waals surface area (Å²) in [6, 6.07) is 5.88. The van der Waals surface area contributed by atoms with E-state index in [1.807, 2.05) is 36.9 Å². The lowest BCUT2D eigenvalue weighted by Crippen LogP contribution is -2.59. The van der Waals surface area contributed by atoms with Crippen LogP contribution in [0, 0.1) is 13.8 Å². The van der Waals surface area contributed by atoms with Gasteiger partial charge >= 0.3 is 0 Å². The normalized spacial score (nSPS) is 23.9. The van der Waals surface area contributed by atoms with Gasteiger partial charge < -0.3 is 9.42 Å². The van der Waals surface area contributed by atoms with E-state index in [2.05, 4.69) is 15.0 Å². The van der Waals surface area contributed by atoms with E-state index in [1.54, 1.807) is 6.20 Å². The molecule has 2 aromatic rings. The van der Waals surface area contributed by atoms with Gasteiger partial charge in [0.15, 0.2) is 0 Å². The lowest BCUT2D eigenvalue weighted by atomic mass is 9.85. The SMILES string of the molecule is Cc1noc(C)c1CN1CCCC12CCCN(Cc1ccccn1)C2=O. The van der Waals surface area contributed by atoms with Gasteiger partial charge in [-0.15, -0.1) is 0 Å². The molecular weight excluding hydrogens is 328 g/mol.